The van der Waals surface area contributed by atoms with E-state index in [1.807, 2.05) is 0 Å². The molecule has 0 aliphatic rings. The van der Waals surface area contributed by atoms with Gasteiger partial charge < -0.3 is 14.0 Å². The summed E-state index contributed by atoms with van der Waals surface area (Å²) in [5.41, 5.74) is 0. The van der Waals surface area contributed by atoms with Gasteiger partial charge >= 0.3 is 5.97 Å². The van der Waals surface area contributed by atoms with E-state index in [9.17, 15) is 4.79 Å². The van der Waals surface area contributed by atoms with Gasteiger partial charge in [0.05, 0.1) is 13.2 Å². The average molecular weight is 152 g/mol. The van der Waals surface area contributed by atoms with Gasteiger partial charge in [-0.15, -0.1) is 0 Å². The molecule has 0 atom stereocenters. The second-order valence-electron chi connectivity index (χ2n) is 1.24. The van der Waals surface area contributed by atoms with Gasteiger partial charge in [-0.25, -0.2) is 4.79 Å². The maximum atomic E-state index is 10.2. The molecule has 0 aromatic rings. The molecule has 9 heavy (non-hydrogen) atoms. The molecule has 0 spiro atoms. The predicted octanol–water partition coefficient (Wildman–Crippen LogP) is -0.617. The maximum absolute atomic E-state index is 10.2. The summed E-state index contributed by atoms with van der Waals surface area (Å²) in [5.74, 6) is -0.563. The van der Waals surface area contributed by atoms with Crippen LogP contribution in [0, 0.1) is 0 Å². The lowest BCUT2D eigenvalue weighted by Crippen LogP contribution is -2.10. The molecule has 0 aliphatic heterocycles. The molecule has 0 unspecified atom stereocenters. The molecule has 0 aromatic heterocycles. The van der Waals surface area contributed by atoms with Crippen molar-refractivity contribution in [1.82, 2.24) is 0 Å². The zero-order chi connectivity index (χ0) is 7.11. The van der Waals surface area contributed by atoms with Gasteiger partial charge in [0.25, 0.3) is 0 Å². The Balaban J connectivity index is 2.97. The summed E-state index contributed by atoms with van der Waals surface area (Å²) < 4.78 is 8.51. The minimum atomic E-state index is -0.563. The summed E-state index contributed by atoms with van der Waals surface area (Å²) in [6, 6.07) is 0. The smallest absolute Gasteiger partial charge is 0.343 e. The summed E-state index contributed by atoms with van der Waals surface area (Å²) in [5, 5.41) is 8.16. The molecular weight excluding hydrogens is 144 g/mol. The van der Waals surface area contributed by atoms with Crippen LogP contribution in [0.1, 0.15) is 0 Å². The first-order valence-electron chi connectivity index (χ1n) is 2.34. The monoisotopic (exact) mass is 152 g/mol. The molecule has 0 saturated heterocycles. The van der Waals surface area contributed by atoms with Crippen molar-refractivity contribution in [1.29, 1.82) is 0 Å². The van der Waals surface area contributed by atoms with Crippen molar-refractivity contribution in [3.05, 3.63) is 0 Å². The fourth-order valence-electron chi connectivity index (χ4n) is 0.246. The van der Waals surface area contributed by atoms with Crippen molar-refractivity contribution in [3.8, 4) is 0 Å². The Bertz CT molecular complexity index is 84.6. The van der Waals surface area contributed by atoms with Gasteiger partial charge in [0.15, 0.2) is 0 Å². The Hall–Kier alpha value is -0.260. The van der Waals surface area contributed by atoms with Crippen LogP contribution in [-0.2, 0) is 13.7 Å². The number of carbonyl (C=O) groups excluding carboxylic acids is 1. The first-order chi connectivity index (χ1) is 4.31. The molecule has 54 valence electrons. The lowest BCUT2D eigenvalue weighted by atomic mass is 10.7. The third-order valence-corrected chi connectivity index (χ3v) is 0.761. The van der Waals surface area contributed by atoms with Crippen molar-refractivity contribution in [2.45, 2.75) is 0 Å². The van der Waals surface area contributed by atoms with E-state index in [1.54, 1.807) is 0 Å². The van der Waals surface area contributed by atoms with Gasteiger partial charge in [-0.3, -0.25) is 0 Å². The van der Waals surface area contributed by atoms with Crippen LogP contribution in [0.2, 0.25) is 0 Å². The first kappa shape index (κ1) is 8.74. The second kappa shape index (κ2) is 5.87. The lowest BCUT2D eigenvalue weighted by molar-refractivity contribution is -0.138. The number of hydrogen-bond acceptors (Lipinski definition) is 5. The number of aliphatic hydroxyl groups excluding tert-OH is 1. The van der Waals surface area contributed by atoms with Gasteiger partial charge in [0.1, 0.15) is 6.61 Å². The maximum Gasteiger partial charge on any atom is 0.343 e. The van der Waals surface area contributed by atoms with Gasteiger partial charge in [0, 0.05) is 12.9 Å². The molecule has 0 rings (SSSR count). The topological polar surface area (TPSA) is 55.8 Å². The highest BCUT2D eigenvalue weighted by atomic mass is 32.1. The summed E-state index contributed by atoms with van der Waals surface area (Å²) in [6.45, 7) is -0.118. The lowest BCUT2D eigenvalue weighted by Gasteiger charge is -1.96. The van der Waals surface area contributed by atoms with Gasteiger partial charge in [0.2, 0.25) is 0 Å². The van der Waals surface area contributed by atoms with E-state index in [1.165, 1.54) is 0 Å². The van der Waals surface area contributed by atoms with E-state index in [4.69, 9.17) is 5.11 Å². The molecule has 1 N–H and O–H groups in total. The van der Waals surface area contributed by atoms with Crippen LogP contribution in [0.4, 0.5) is 0 Å². The van der Waals surface area contributed by atoms with E-state index in [2.05, 4.69) is 21.8 Å². The molecule has 0 aliphatic carbocycles. The summed E-state index contributed by atoms with van der Waals surface area (Å²) in [6.07, 6.45) is 0. The summed E-state index contributed by atoms with van der Waals surface area (Å²) in [7, 11) is 0. The SMILES string of the molecule is O=C(COCCO)OS. The second-order valence-corrected chi connectivity index (χ2v) is 1.42. The highest BCUT2D eigenvalue weighted by Gasteiger charge is 1.97. The molecule has 5 heteroatoms. The van der Waals surface area contributed by atoms with Crippen molar-refractivity contribution in [2.75, 3.05) is 19.8 Å². The quantitative estimate of drug-likeness (QED) is 0.320. The van der Waals surface area contributed by atoms with Crippen LogP contribution in [0.3, 0.4) is 0 Å². The molecular formula is C4H8O4S. The van der Waals surface area contributed by atoms with E-state index >= 15 is 0 Å². The van der Waals surface area contributed by atoms with Crippen molar-refractivity contribution >= 4 is 18.9 Å². The van der Waals surface area contributed by atoms with E-state index in [-0.39, 0.29) is 19.8 Å². The number of carbonyl (C=O) groups is 1. The molecule has 4 nitrogen and oxygen atoms in total. The van der Waals surface area contributed by atoms with Crippen LogP contribution in [0.15, 0.2) is 0 Å². The Morgan fingerprint density at radius 3 is 2.78 bits per heavy atom. The minimum absolute atomic E-state index is 0.0974. The van der Waals surface area contributed by atoms with Gasteiger partial charge in [-0.1, -0.05) is 0 Å². The Labute approximate surface area is 58.4 Å². The molecule has 0 bridgehead atoms. The largest absolute Gasteiger partial charge is 0.394 e. The molecule has 0 heterocycles. The Morgan fingerprint density at radius 1 is 1.67 bits per heavy atom. The van der Waals surface area contributed by atoms with Crippen LogP contribution >= 0.6 is 12.9 Å². The normalized spacial score (nSPS) is 9.11. The standard InChI is InChI=1S/C4H8O4S/c5-1-2-7-3-4(6)8-9/h5,9H,1-3H2. The third kappa shape index (κ3) is 5.61. The molecule has 0 fully saturated rings. The Kier molecular flexibility index (Phi) is 5.70. The minimum Gasteiger partial charge on any atom is -0.394 e. The van der Waals surface area contributed by atoms with Crippen LogP contribution < -0.4 is 0 Å². The van der Waals surface area contributed by atoms with Crippen LogP contribution in [-0.4, -0.2) is 30.9 Å². The van der Waals surface area contributed by atoms with Crippen LogP contribution in [0.5, 0.6) is 0 Å². The molecule has 0 saturated carbocycles. The zero-order valence-corrected chi connectivity index (χ0v) is 5.63. The van der Waals surface area contributed by atoms with E-state index in [0.717, 1.165) is 0 Å². The van der Waals surface area contributed by atoms with Crippen molar-refractivity contribution in [3.63, 3.8) is 0 Å². The average Bonchev–Trinajstić information content (AvgIpc) is 1.89. The molecule has 0 radical (unpaired) electrons. The predicted molar refractivity (Wildman–Crippen MR) is 33.0 cm³/mol. The summed E-state index contributed by atoms with van der Waals surface area (Å²) in [4.78, 5) is 10.2. The van der Waals surface area contributed by atoms with Gasteiger partial charge in [-0.05, 0) is 0 Å². The fourth-order valence-corrected chi connectivity index (χ4v) is 0.299. The molecule has 0 aromatic carbocycles. The fraction of sp³-hybridized carbons (Fsp3) is 0.750. The van der Waals surface area contributed by atoms with E-state index < -0.39 is 5.97 Å². The first-order valence-corrected chi connectivity index (χ1v) is 2.70. The summed E-state index contributed by atoms with van der Waals surface area (Å²) >= 11 is 3.23. The highest BCUT2D eigenvalue weighted by Crippen LogP contribution is 1.82. The Morgan fingerprint density at radius 2 is 2.33 bits per heavy atom. The highest BCUT2D eigenvalue weighted by molar-refractivity contribution is 7.75. The van der Waals surface area contributed by atoms with Crippen molar-refractivity contribution < 1.29 is 18.8 Å². The third-order valence-electron chi connectivity index (χ3n) is 0.557. The number of ether oxygens (including phenoxy) is 1. The van der Waals surface area contributed by atoms with Gasteiger partial charge in [-0.2, -0.15) is 0 Å². The number of aliphatic hydroxyl groups is 1. The zero-order valence-electron chi connectivity index (χ0n) is 4.74. The van der Waals surface area contributed by atoms with E-state index in [0.29, 0.717) is 0 Å². The number of rotatable bonds is 4. The number of thiol groups is 1. The molecule has 0 amide bonds. The van der Waals surface area contributed by atoms with Crippen molar-refractivity contribution in [2.24, 2.45) is 0 Å². The number of hydrogen-bond donors (Lipinski definition) is 2. The van der Waals surface area contributed by atoms with Crippen LogP contribution in [0.25, 0.3) is 0 Å².